The predicted octanol–water partition coefficient (Wildman–Crippen LogP) is 0.993. The summed E-state index contributed by atoms with van der Waals surface area (Å²) in [4.78, 5) is 21.8. The zero-order chi connectivity index (χ0) is 11.4. The first-order valence-electron chi connectivity index (χ1n) is 4.47. The van der Waals surface area contributed by atoms with Gasteiger partial charge in [-0.15, -0.1) is 0 Å². The quantitative estimate of drug-likeness (QED) is 0.656. The van der Waals surface area contributed by atoms with Crippen LogP contribution in [0, 0.1) is 0 Å². The SMILES string of the molecule is CC(=O)NC(C)NC(=O)OC(C)(C)C. The van der Waals surface area contributed by atoms with E-state index in [1.165, 1.54) is 6.92 Å². The molecule has 0 aliphatic heterocycles. The first-order valence-corrected chi connectivity index (χ1v) is 4.47. The van der Waals surface area contributed by atoms with E-state index in [2.05, 4.69) is 10.6 Å². The van der Waals surface area contributed by atoms with Crippen LogP contribution in [0.2, 0.25) is 0 Å². The van der Waals surface area contributed by atoms with Crippen molar-refractivity contribution in [1.29, 1.82) is 0 Å². The predicted molar refractivity (Wildman–Crippen MR) is 52.6 cm³/mol. The molecule has 0 spiro atoms. The van der Waals surface area contributed by atoms with Crippen molar-refractivity contribution in [3.8, 4) is 0 Å². The van der Waals surface area contributed by atoms with E-state index in [0.29, 0.717) is 0 Å². The lowest BCUT2D eigenvalue weighted by Crippen LogP contribution is -2.46. The lowest BCUT2D eigenvalue weighted by molar-refractivity contribution is -0.119. The molecule has 0 aromatic heterocycles. The molecule has 0 saturated heterocycles. The van der Waals surface area contributed by atoms with Gasteiger partial charge in [0.2, 0.25) is 5.91 Å². The number of amides is 2. The highest BCUT2D eigenvalue weighted by Gasteiger charge is 2.17. The van der Waals surface area contributed by atoms with Crippen molar-refractivity contribution in [2.75, 3.05) is 0 Å². The largest absolute Gasteiger partial charge is 0.444 e. The Hall–Kier alpha value is -1.26. The van der Waals surface area contributed by atoms with Gasteiger partial charge in [-0.3, -0.25) is 4.79 Å². The van der Waals surface area contributed by atoms with E-state index < -0.39 is 17.9 Å². The number of carbonyl (C=O) groups is 2. The molecule has 0 aromatic carbocycles. The van der Waals surface area contributed by atoms with Gasteiger partial charge in [0.05, 0.1) is 0 Å². The van der Waals surface area contributed by atoms with Gasteiger partial charge < -0.3 is 15.4 Å². The topological polar surface area (TPSA) is 67.4 Å². The van der Waals surface area contributed by atoms with Crippen LogP contribution < -0.4 is 10.6 Å². The van der Waals surface area contributed by atoms with Crippen molar-refractivity contribution < 1.29 is 14.3 Å². The third-order valence-electron chi connectivity index (χ3n) is 1.15. The monoisotopic (exact) mass is 202 g/mol. The fourth-order valence-electron chi connectivity index (χ4n) is 0.825. The molecule has 5 heteroatoms. The van der Waals surface area contributed by atoms with Crippen molar-refractivity contribution >= 4 is 12.0 Å². The van der Waals surface area contributed by atoms with Gasteiger partial charge in [0.15, 0.2) is 0 Å². The summed E-state index contributed by atoms with van der Waals surface area (Å²) >= 11 is 0. The summed E-state index contributed by atoms with van der Waals surface area (Å²) in [6.07, 6.45) is -0.971. The molecule has 1 unspecified atom stereocenters. The summed E-state index contributed by atoms with van der Waals surface area (Å²) in [5.41, 5.74) is -0.528. The molecule has 0 aliphatic rings. The molecule has 1 atom stereocenters. The normalized spacial score (nSPS) is 12.9. The van der Waals surface area contributed by atoms with E-state index >= 15 is 0 Å². The third-order valence-corrected chi connectivity index (χ3v) is 1.15. The highest BCUT2D eigenvalue weighted by molar-refractivity contribution is 5.74. The van der Waals surface area contributed by atoms with Crippen molar-refractivity contribution in [2.45, 2.75) is 46.4 Å². The maximum atomic E-state index is 11.2. The molecule has 0 heterocycles. The minimum atomic E-state index is -0.543. The van der Waals surface area contributed by atoms with Crippen molar-refractivity contribution in [2.24, 2.45) is 0 Å². The second-order valence-corrected chi connectivity index (χ2v) is 4.07. The fraction of sp³-hybridized carbons (Fsp3) is 0.778. The van der Waals surface area contributed by atoms with Crippen molar-refractivity contribution in [3.05, 3.63) is 0 Å². The van der Waals surface area contributed by atoms with Gasteiger partial charge in [-0.2, -0.15) is 0 Å². The molecule has 14 heavy (non-hydrogen) atoms. The number of nitrogens with one attached hydrogen (secondary N) is 2. The molecule has 0 aliphatic carbocycles. The number of carbonyl (C=O) groups excluding carboxylic acids is 2. The summed E-state index contributed by atoms with van der Waals surface area (Å²) in [7, 11) is 0. The van der Waals surface area contributed by atoms with E-state index in [4.69, 9.17) is 4.74 Å². The molecule has 0 saturated carbocycles. The highest BCUT2D eigenvalue weighted by atomic mass is 16.6. The van der Waals surface area contributed by atoms with Crippen LogP contribution in [0.1, 0.15) is 34.6 Å². The average Bonchev–Trinajstić information content (AvgIpc) is 1.77. The molecule has 5 nitrogen and oxygen atoms in total. The van der Waals surface area contributed by atoms with Crippen LogP contribution in [0.5, 0.6) is 0 Å². The number of hydrogen-bond acceptors (Lipinski definition) is 3. The summed E-state index contributed by atoms with van der Waals surface area (Å²) in [5.74, 6) is -0.200. The molecule has 0 aromatic rings. The van der Waals surface area contributed by atoms with Gasteiger partial charge in [-0.05, 0) is 27.7 Å². The Morgan fingerprint density at radius 3 is 2.07 bits per heavy atom. The van der Waals surface area contributed by atoms with Gasteiger partial charge in [-0.25, -0.2) is 4.79 Å². The lowest BCUT2D eigenvalue weighted by atomic mass is 10.2. The second kappa shape index (κ2) is 4.83. The van der Waals surface area contributed by atoms with Gasteiger partial charge in [0.25, 0.3) is 0 Å². The Labute approximate surface area is 84.2 Å². The number of ether oxygens (including phenoxy) is 1. The smallest absolute Gasteiger partial charge is 0.409 e. The minimum Gasteiger partial charge on any atom is -0.444 e. The summed E-state index contributed by atoms with van der Waals surface area (Å²) in [5, 5.41) is 4.98. The maximum Gasteiger partial charge on any atom is 0.409 e. The summed E-state index contributed by atoms with van der Waals surface area (Å²) in [6.45, 7) is 8.36. The van der Waals surface area contributed by atoms with Crippen molar-refractivity contribution in [1.82, 2.24) is 10.6 Å². The number of rotatable bonds is 2. The summed E-state index contributed by atoms with van der Waals surface area (Å²) < 4.78 is 4.99. The molecule has 2 N–H and O–H groups in total. The fourth-order valence-corrected chi connectivity index (χ4v) is 0.825. The zero-order valence-corrected chi connectivity index (χ0v) is 9.30. The molecular weight excluding hydrogens is 184 g/mol. The lowest BCUT2D eigenvalue weighted by Gasteiger charge is -2.22. The molecule has 0 bridgehead atoms. The minimum absolute atomic E-state index is 0.200. The van der Waals surface area contributed by atoms with E-state index in [-0.39, 0.29) is 5.91 Å². The van der Waals surface area contributed by atoms with Gasteiger partial charge >= 0.3 is 6.09 Å². The summed E-state index contributed by atoms with van der Waals surface area (Å²) in [6, 6.07) is 0. The number of alkyl carbamates (subject to hydrolysis) is 1. The Kier molecular flexibility index (Phi) is 4.40. The van der Waals surface area contributed by atoms with E-state index in [1.54, 1.807) is 27.7 Å². The van der Waals surface area contributed by atoms with Crippen LogP contribution >= 0.6 is 0 Å². The van der Waals surface area contributed by atoms with Crippen LogP contribution in [-0.2, 0) is 9.53 Å². The van der Waals surface area contributed by atoms with E-state index in [9.17, 15) is 9.59 Å². The van der Waals surface area contributed by atoms with E-state index in [1.807, 2.05) is 0 Å². The molecular formula is C9H18N2O3. The molecule has 0 fully saturated rings. The third kappa shape index (κ3) is 7.39. The Morgan fingerprint density at radius 1 is 1.21 bits per heavy atom. The molecule has 2 amide bonds. The Bertz CT molecular complexity index is 221. The standard InChI is InChI=1S/C9H18N2O3/c1-6(10-7(2)12)11-8(13)14-9(3,4)5/h6H,1-5H3,(H,10,12)(H,11,13). The van der Waals surface area contributed by atoms with Crippen LogP contribution in [0.25, 0.3) is 0 Å². The second-order valence-electron chi connectivity index (χ2n) is 4.07. The van der Waals surface area contributed by atoms with Gasteiger partial charge in [0, 0.05) is 6.92 Å². The van der Waals surface area contributed by atoms with Crippen LogP contribution in [0.4, 0.5) is 4.79 Å². The first-order chi connectivity index (χ1) is 6.20. The van der Waals surface area contributed by atoms with Crippen LogP contribution in [0.3, 0.4) is 0 Å². The first kappa shape index (κ1) is 12.7. The Morgan fingerprint density at radius 2 is 1.71 bits per heavy atom. The maximum absolute atomic E-state index is 11.2. The number of hydrogen-bond donors (Lipinski definition) is 2. The van der Waals surface area contributed by atoms with Gasteiger partial charge in [-0.1, -0.05) is 0 Å². The van der Waals surface area contributed by atoms with E-state index in [0.717, 1.165) is 0 Å². The van der Waals surface area contributed by atoms with Gasteiger partial charge in [0.1, 0.15) is 11.8 Å². The highest BCUT2D eigenvalue weighted by Crippen LogP contribution is 2.06. The molecule has 0 radical (unpaired) electrons. The van der Waals surface area contributed by atoms with Crippen LogP contribution in [-0.4, -0.2) is 23.8 Å². The average molecular weight is 202 g/mol. The molecule has 82 valence electrons. The van der Waals surface area contributed by atoms with Crippen LogP contribution in [0.15, 0.2) is 0 Å². The zero-order valence-electron chi connectivity index (χ0n) is 9.30. The van der Waals surface area contributed by atoms with Crippen molar-refractivity contribution in [3.63, 3.8) is 0 Å². The Balaban J connectivity index is 3.89. The molecule has 0 rings (SSSR count).